The highest BCUT2D eigenvalue weighted by atomic mass is 16.6. The molecule has 96 valence electrons. The topological polar surface area (TPSA) is 46.5 Å². The van der Waals surface area contributed by atoms with E-state index in [0.29, 0.717) is 17.4 Å². The average molecular weight is 238 g/mol. The minimum atomic E-state index is -0.595. The van der Waals surface area contributed by atoms with E-state index >= 15 is 0 Å². The molecule has 2 fully saturated rings. The minimum Gasteiger partial charge on any atom is -0.456 e. The van der Waals surface area contributed by atoms with E-state index in [4.69, 9.17) is 4.74 Å². The zero-order chi connectivity index (χ0) is 12.6. The van der Waals surface area contributed by atoms with E-state index in [1.165, 1.54) is 19.3 Å². The summed E-state index contributed by atoms with van der Waals surface area (Å²) in [5.41, 5.74) is 0.402. The summed E-state index contributed by atoms with van der Waals surface area (Å²) in [6, 6.07) is 0. The molecule has 0 spiro atoms. The van der Waals surface area contributed by atoms with E-state index in [2.05, 4.69) is 6.58 Å². The van der Waals surface area contributed by atoms with Gasteiger partial charge in [0.05, 0.1) is 6.10 Å². The minimum absolute atomic E-state index is 0.344. The summed E-state index contributed by atoms with van der Waals surface area (Å²) >= 11 is 0. The van der Waals surface area contributed by atoms with Crippen molar-refractivity contribution in [2.75, 3.05) is 0 Å². The summed E-state index contributed by atoms with van der Waals surface area (Å²) in [4.78, 5) is 11.6. The van der Waals surface area contributed by atoms with Crippen LogP contribution in [-0.2, 0) is 9.53 Å². The fraction of sp³-hybridized carbons (Fsp3) is 0.786. The largest absolute Gasteiger partial charge is 0.456 e. The quantitative estimate of drug-likeness (QED) is 0.604. The Bertz CT molecular complexity index is 321. The van der Waals surface area contributed by atoms with Crippen molar-refractivity contribution in [3.05, 3.63) is 12.2 Å². The van der Waals surface area contributed by atoms with Gasteiger partial charge in [0.25, 0.3) is 0 Å². The molecule has 2 aliphatic rings. The third-order valence-electron chi connectivity index (χ3n) is 4.28. The Morgan fingerprint density at radius 2 is 2.12 bits per heavy atom. The molecule has 2 aliphatic carbocycles. The van der Waals surface area contributed by atoms with Gasteiger partial charge in [0.1, 0.15) is 6.10 Å². The fourth-order valence-electron chi connectivity index (χ4n) is 3.46. The van der Waals surface area contributed by atoms with E-state index < -0.39 is 6.10 Å². The van der Waals surface area contributed by atoms with Crippen molar-refractivity contribution in [3.63, 3.8) is 0 Å². The van der Waals surface area contributed by atoms with Crippen molar-refractivity contribution in [1.29, 1.82) is 0 Å². The number of aliphatic hydroxyl groups is 1. The number of esters is 1. The lowest BCUT2D eigenvalue weighted by Crippen LogP contribution is -2.38. The van der Waals surface area contributed by atoms with Gasteiger partial charge in [0, 0.05) is 11.5 Å². The Morgan fingerprint density at radius 1 is 1.41 bits per heavy atom. The smallest absolute Gasteiger partial charge is 0.333 e. The molecular weight excluding hydrogens is 216 g/mol. The molecule has 2 saturated carbocycles. The van der Waals surface area contributed by atoms with Crippen molar-refractivity contribution in [2.24, 2.45) is 17.8 Å². The van der Waals surface area contributed by atoms with E-state index in [-0.39, 0.29) is 12.1 Å². The van der Waals surface area contributed by atoms with Gasteiger partial charge in [-0.2, -0.15) is 0 Å². The molecule has 0 aliphatic heterocycles. The van der Waals surface area contributed by atoms with Crippen LogP contribution in [0.25, 0.3) is 0 Å². The summed E-state index contributed by atoms with van der Waals surface area (Å²) in [6.07, 6.45) is 3.94. The third-order valence-corrected chi connectivity index (χ3v) is 4.28. The van der Waals surface area contributed by atoms with E-state index in [1.54, 1.807) is 13.8 Å². The van der Waals surface area contributed by atoms with Crippen LogP contribution in [0.1, 0.15) is 39.5 Å². The molecule has 17 heavy (non-hydrogen) atoms. The zero-order valence-corrected chi connectivity index (χ0v) is 10.7. The van der Waals surface area contributed by atoms with Crippen molar-refractivity contribution < 1.29 is 14.6 Å². The van der Waals surface area contributed by atoms with E-state index in [0.717, 1.165) is 12.3 Å². The number of aliphatic hydroxyl groups excluding tert-OH is 1. The predicted octanol–water partition coefficient (Wildman–Crippen LogP) is 2.29. The molecule has 3 heteroatoms. The molecule has 0 amide bonds. The molecule has 0 heterocycles. The van der Waals surface area contributed by atoms with Crippen LogP contribution >= 0.6 is 0 Å². The molecule has 5 unspecified atom stereocenters. The highest BCUT2D eigenvalue weighted by Gasteiger charge is 2.45. The first-order chi connectivity index (χ1) is 7.99. The molecule has 2 bridgehead atoms. The Kier molecular flexibility index (Phi) is 3.57. The molecule has 0 saturated heterocycles. The SMILES string of the molecule is C=C(C)C(=O)OC(C(C)O)C1CC2CCC1C2. The lowest BCUT2D eigenvalue weighted by atomic mass is 9.83. The highest BCUT2D eigenvalue weighted by molar-refractivity contribution is 5.87. The van der Waals surface area contributed by atoms with Gasteiger partial charge in [-0.25, -0.2) is 4.79 Å². The number of carbonyl (C=O) groups excluding carboxylic acids is 1. The maximum absolute atomic E-state index is 11.6. The second kappa shape index (κ2) is 4.81. The molecule has 0 aromatic heterocycles. The molecule has 2 rings (SSSR count). The van der Waals surface area contributed by atoms with E-state index in [9.17, 15) is 9.90 Å². The average Bonchev–Trinajstić information content (AvgIpc) is 2.86. The lowest BCUT2D eigenvalue weighted by Gasteiger charge is -2.32. The Labute approximate surface area is 103 Å². The predicted molar refractivity (Wildman–Crippen MR) is 65.3 cm³/mol. The number of hydrogen-bond acceptors (Lipinski definition) is 3. The summed E-state index contributed by atoms with van der Waals surface area (Å²) in [6.45, 7) is 6.94. The Balaban J connectivity index is 2.02. The summed E-state index contributed by atoms with van der Waals surface area (Å²) in [5.74, 6) is 1.39. The third kappa shape index (κ3) is 2.54. The molecular formula is C14H22O3. The van der Waals surface area contributed by atoms with Gasteiger partial charge in [-0.05, 0) is 44.9 Å². The van der Waals surface area contributed by atoms with Crippen LogP contribution in [-0.4, -0.2) is 23.3 Å². The molecule has 0 aromatic carbocycles. The lowest BCUT2D eigenvalue weighted by molar-refractivity contribution is -0.155. The standard InChI is InChI=1S/C14H22O3/c1-8(2)14(16)17-13(9(3)15)12-7-10-4-5-11(12)6-10/h9-13,15H,1,4-7H2,2-3H3. The molecule has 5 atom stereocenters. The van der Waals surface area contributed by atoms with Crippen molar-refractivity contribution in [3.8, 4) is 0 Å². The summed E-state index contributed by atoms with van der Waals surface area (Å²) in [7, 11) is 0. The van der Waals surface area contributed by atoms with Gasteiger partial charge in [-0.1, -0.05) is 13.0 Å². The second-order valence-electron chi connectivity index (χ2n) is 5.73. The molecule has 1 N–H and O–H groups in total. The summed E-state index contributed by atoms with van der Waals surface area (Å²) in [5, 5.41) is 9.82. The van der Waals surface area contributed by atoms with Gasteiger partial charge in [0.2, 0.25) is 0 Å². The van der Waals surface area contributed by atoms with Crippen LogP contribution in [0, 0.1) is 17.8 Å². The Hall–Kier alpha value is -0.830. The van der Waals surface area contributed by atoms with Crippen molar-refractivity contribution >= 4 is 5.97 Å². The fourth-order valence-corrected chi connectivity index (χ4v) is 3.46. The van der Waals surface area contributed by atoms with Crippen LogP contribution in [0.3, 0.4) is 0 Å². The molecule has 0 aromatic rings. The van der Waals surface area contributed by atoms with Crippen LogP contribution in [0.4, 0.5) is 0 Å². The van der Waals surface area contributed by atoms with Crippen LogP contribution in [0.2, 0.25) is 0 Å². The zero-order valence-electron chi connectivity index (χ0n) is 10.7. The normalized spacial score (nSPS) is 34.4. The van der Waals surface area contributed by atoms with Crippen LogP contribution in [0.15, 0.2) is 12.2 Å². The monoisotopic (exact) mass is 238 g/mol. The maximum atomic E-state index is 11.6. The van der Waals surface area contributed by atoms with Gasteiger partial charge in [-0.15, -0.1) is 0 Å². The number of rotatable bonds is 4. The van der Waals surface area contributed by atoms with Crippen molar-refractivity contribution in [1.82, 2.24) is 0 Å². The number of hydrogen-bond donors (Lipinski definition) is 1. The first kappa shape index (κ1) is 12.6. The first-order valence-corrected chi connectivity index (χ1v) is 6.53. The van der Waals surface area contributed by atoms with Crippen molar-refractivity contribution in [2.45, 2.75) is 51.7 Å². The van der Waals surface area contributed by atoms with Crippen LogP contribution < -0.4 is 0 Å². The maximum Gasteiger partial charge on any atom is 0.333 e. The van der Waals surface area contributed by atoms with Gasteiger partial charge >= 0.3 is 5.97 Å². The first-order valence-electron chi connectivity index (χ1n) is 6.53. The Morgan fingerprint density at radius 3 is 2.53 bits per heavy atom. The highest BCUT2D eigenvalue weighted by Crippen LogP contribution is 2.50. The van der Waals surface area contributed by atoms with Gasteiger partial charge in [0.15, 0.2) is 0 Å². The molecule has 3 nitrogen and oxygen atoms in total. The number of fused-ring (bicyclic) bond motifs is 2. The van der Waals surface area contributed by atoms with E-state index in [1.807, 2.05) is 0 Å². The van der Waals surface area contributed by atoms with Crippen LogP contribution in [0.5, 0.6) is 0 Å². The van der Waals surface area contributed by atoms with Gasteiger partial charge in [-0.3, -0.25) is 0 Å². The van der Waals surface area contributed by atoms with Gasteiger partial charge < -0.3 is 9.84 Å². The second-order valence-corrected chi connectivity index (χ2v) is 5.73. The summed E-state index contributed by atoms with van der Waals surface area (Å²) < 4.78 is 5.42. The number of ether oxygens (including phenoxy) is 1. The number of carbonyl (C=O) groups is 1. The molecule has 0 radical (unpaired) electrons.